The highest BCUT2D eigenvalue weighted by Gasteiger charge is 2.30. The van der Waals surface area contributed by atoms with Crippen LogP contribution in [0.4, 0.5) is 0 Å². The number of unbranched alkanes of at least 4 members (excludes halogenated alkanes) is 53. The van der Waals surface area contributed by atoms with Gasteiger partial charge >= 0.3 is 39.5 Å². The van der Waals surface area contributed by atoms with E-state index in [-0.39, 0.29) is 25.7 Å². The van der Waals surface area contributed by atoms with Crippen LogP contribution in [0.5, 0.6) is 0 Å². The Bertz CT molecular complexity index is 1910. The van der Waals surface area contributed by atoms with Gasteiger partial charge in [-0.15, -0.1) is 0 Å². The molecule has 0 heterocycles. The second-order valence-electron chi connectivity index (χ2n) is 29.6. The highest BCUT2D eigenvalue weighted by molar-refractivity contribution is 7.47. The number of rotatable bonds is 81. The van der Waals surface area contributed by atoms with Gasteiger partial charge in [0.05, 0.1) is 26.4 Å². The van der Waals surface area contributed by atoms with E-state index in [4.69, 9.17) is 37.0 Å². The topological polar surface area (TPSA) is 237 Å². The van der Waals surface area contributed by atoms with Gasteiger partial charge in [-0.25, -0.2) is 9.13 Å². The Hall–Kier alpha value is -1.94. The molecule has 3 N–H and O–H groups in total. The van der Waals surface area contributed by atoms with Crippen molar-refractivity contribution in [3.63, 3.8) is 0 Å². The lowest BCUT2D eigenvalue weighted by molar-refractivity contribution is -0.161. The molecule has 0 aliphatic carbocycles. The molecule has 0 radical (unpaired) electrons. The van der Waals surface area contributed by atoms with Gasteiger partial charge in [0.25, 0.3) is 0 Å². The van der Waals surface area contributed by atoms with Gasteiger partial charge in [-0.2, -0.15) is 0 Å². The number of ether oxygens (including phenoxy) is 4. The van der Waals surface area contributed by atoms with Crippen molar-refractivity contribution in [2.75, 3.05) is 39.6 Å². The third kappa shape index (κ3) is 74.3. The average Bonchev–Trinajstić information content (AvgIpc) is 0.927. The lowest BCUT2D eigenvalue weighted by Gasteiger charge is -2.21. The van der Waals surface area contributed by atoms with Crippen molar-refractivity contribution in [1.82, 2.24) is 0 Å². The molecule has 0 aliphatic heterocycles. The van der Waals surface area contributed by atoms with Crippen LogP contribution in [0, 0.1) is 5.92 Å². The Morgan fingerprint density at radius 1 is 0.270 bits per heavy atom. The fourth-order valence-electron chi connectivity index (χ4n) is 12.6. The molecule has 0 saturated carbocycles. The van der Waals surface area contributed by atoms with Gasteiger partial charge < -0.3 is 33.8 Å². The SMILES string of the molecule is CCCCCCCCCCCCCCCCCCCCCCCC(=O)O[C@H](COC(=O)CCCCCCCCCCCCCCCCC)COP(=O)(O)OC[C@@H](O)COP(=O)(O)OC[C@@H](COC(=O)CCCCCCCCCCC(C)C)OC(=O)CCCCCCCCCCCCCCC. The second-order valence-corrected chi connectivity index (χ2v) is 32.5. The number of phosphoric acid groups is 2. The molecule has 0 rings (SSSR count). The second kappa shape index (κ2) is 73.9. The number of carbonyl (C=O) groups excluding carboxylic acids is 4. The van der Waals surface area contributed by atoms with E-state index in [1.165, 1.54) is 257 Å². The summed E-state index contributed by atoms with van der Waals surface area (Å²) in [5.74, 6) is -1.38. The summed E-state index contributed by atoms with van der Waals surface area (Å²) >= 11 is 0. The normalized spacial score (nSPS) is 13.8. The molecule has 0 amide bonds. The molecule has 2 unspecified atom stereocenters. The van der Waals surface area contributed by atoms with Gasteiger partial charge in [0.15, 0.2) is 12.2 Å². The number of hydrogen-bond acceptors (Lipinski definition) is 15. The molecule has 0 aromatic carbocycles. The molecule has 0 aromatic heterocycles. The number of esters is 4. The molecule has 19 heteroatoms. The van der Waals surface area contributed by atoms with Crippen molar-refractivity contribution in [3.05, 3.63) is 0 Å². The maximum atomic E-state index is 13.1. The lowest BCUT2D eigenvalue weighted by atomic mass is 10.0. The quantitative estimate of drug-likeness (QED) is 0.0222. The molecule has 0 spiro atoms. The van der Waals surface area contributed by atoms with E-state index in [2.05, 4.69) is 34.6 Å². The maximum Gasteiger partial charge on any atom is 0.472 e. The van der Waals surface area contributed by atoms with Crippen LogP contribution in [0.25, 0.3) is 0 Å². The van der Waals surface area contributed by atoms with Gasteiger partial charge in [0.2, 0.25) is 0 Å². The Morgan fingerprint density at radius 3 is 0.680 bits per heavy atom. The van der Waals surface area contributed by atoms with Crippen LogP contribution in [0.15, 0.2) is 0 Å². The number of aliphatic hydroxyl groups excluding tert-OH is 1. The van der Waals surface area contributed by atoms with Crippen LogP contribution in [-0.2, 0) is 65.4 Å². The summed E-state index contributed by atoms with van der Waals surface area (Å²) in [5, 5.41) is 10.6. The van der Waals surface area contributed by atoms with Gasteiger partial charge in [0.1, 0.15) is 19.3 Å². The average molecular weight is 1470 g/mol. The predicted molar refractivity (Wildman–Crippen MR) is 409 cm³/mol. The number of carbonyl (C=O) groups is 4. The van der Waals surface area contributed by atoms with E-state index >= 15 is 0 Å². The van der Waals surface area contributed by atoms with E-state index in [1.54, 1.807) is 0 Å². The minimum absolute atomic E-state index is 0.108. The van der Waals surface area contributed by atoms with E-state index in [1.807, 2.05) is 0 Å². The molecule has 0 bridgehead atoms. The van der Waals surface area contributed by atoms with Crippen molar-refractivity contribution >= 4 is 39.5 Å². The van der Waals surface area contributed by atoms with Crippen molar-refractivity contribution in [1.29, 1.82) is 0 Å². The first-order valence-electron chi connectivity index (χ1n) is 42.1. The van der Waals surface area contributed by atoms with E-state index in [0.29, 0.717) is 25.7 Å². The largest absolute Gasteiger partial charge is 0.472 e. The summed E-state index contributed by atoms with van der Waals surface area (Å²) in [6, 6.07) is 0. The van der Waals surface area contributed by atoms with Gasteiger partial charge in [-0.1, -0.05) is 381 Å². The van der Waals surface area contributed by atoms with Gasteiger partial charge in [0, 0.05) is 25.7 Å². The molecule has 17 nitrogen and oxygen atoms in total. The first-order chi connectivity index (χ1) is 48.5. The summed E-state index contributed by atoms with van der Waals surface area (Å²) < 4.78 is 68.7. The first-order valence-corrected chi connectivity index (χ1v) is 45.1. The first kappa shape index (κ1) is 98.1. The third-order valence-electron chi connectivity index (χ3n) is 19.0. The van der Waals surface area contributed by atoms with E-state index < -0.39 is 97.5 Å². The number of hydrogen-bond donors (Lipinski definition) is 3. The molecular formula is C81H158O17P2. The van der Waals surface area contributed by atoms with Crippen LogP contribution in [0.3, 0.4) is 0 Å². The van der Waals surface area contributed by atoms with E-state index in [9.17, 15) is 43.2 Å². The zero-order valence-corrected chi connectivity index (χ0v) is 67.1. The number of phosphoric ester groups is 2. The van der Waals surface area contributed by atoms with Crippen molar-refractivity contribution in [2.45, 2.75) is 451 Å². The van der Waals surface area contributed by atoms with Crippen molar-refractivity contribution < 1.29 is 80.2 Å². The monoisotopic (exact) mass is 1470 g/mol. The lowest BCUT2D eigenvalue weighted by Crippen LogP contribution is -2.30. The van der Waals surface area contributed by atoms with Crippen LogP contribution < -0.4 is 0 Å². The fourth-order valence-corrected chi connectivity index (χ4v) is 14.2. The Balaban J connectivity index is 5.22. The summed E-state index contributed by atoms with van der Waals surface area (Å²) in [4.78, 5) is 73.0. The minimum atomic E-state index is -4.96. The minimum Gasteiger partial charge on any atom is -0.462 e. The summed E-state index contributed by atoms with van der Waals surface area (Å²) in [6.07, 6.45) is 65.3. The highest BCUT2D eigenvalue weighted by Crippen LogP contribution is 2.45. The van der Waals surface area contributed by atoms with Gasteiger partial charge in [-0.3, -0.25) is 37.3 Å². The van der Waals surface area contributed by atoms with Crippen LogP contribution >= 0.6 is 15.6 Å². The van der Waals surface area contributed by atoms with Crippen LogP contribution in [-0.4, -0.2) is 96.7 Å². The molecule has 0 aliphatic rings. The summed E-state index contributed by atoms with van der Waals surface area (Å²) in [7, 11) is -9.92. The molecular weight excluding hydrogens is 1310 g/mol. The standard InChI is InChI=1S/C81H158O17P2/c1-6-9-12-15-18-21-24-27-29-30-31-32-33-34-36-39-42-45-52-57-62-67-81(86)97-76(70-91-78(83)64-59-54-49-43-40-38-35-28-25-22-19-16-13-10-7-2)72-95-99(87,88)93-68-75(82)69-94-100(89,90)96-73-77(71-92-79(84)65-60-55-50-47-46-48-53-58-63-74(4)5)98-80(85)66-61-56-51-44-41-37-26-23-20-17-14-11-8-3/h74-77,82H,6-73H2,1-5H3,(H,87,88)(H,89,90)/t75-,76-,77-/m1/s1. The van der Waals surface area contributed by atoms with E-state index in [0.717, 1.165) is 95.8 Å². The Labute approximate surface area is 613 Å². The van der Waals surface area contributed by atoms with Gasteiger partial charge in [-0.05, 0) is 31.6 Å². The molecule has 0 fully saturated rings. The van der Waals surface area contributed by atoms with Crippen LogP contribution in [0.1, 0.15) is 433 Å². The number of aliphatic hydroxyl groups is 1. The smallest absolute Gasteiger partial charge is 0.462 e. The Kier molecular flexibility index (Phi) is 72.5. The molecule has 0 aromatic rings. The predicted octanol–water partition coefficient (Wildman–Crippen LogP) is 24.4. The molecule has 594 valence electrons. The third-order valence-corrected chi connectivity index (χ3v) is 20.9. The highest BCUT2D eigenvalue weighted by atomic mass is 31.2. The van der Waals surface area contributed by atoms with Crippen LogP contribution in [0.2, 0.25) is 0 Å². The zero-order chi connectivity index (χ0) is 73.4. The molecule has 0 saturated heterocycles. The van der Waals surface area contributed by atoms with Crippen molar-refractivity contribution in [3.8, 4) is 0 Å². The Morgan fingerprint density at radius 2 is 0.460 bits per heavy atom. The zero-order valence-electron chi connectivity index (χ0n) is 65.3. The maximum absolute atomic E-state index is 13.1. The molecule has 100 heavy (non-hydrogen) atoms. The van der Waals surface area contributed by atoms with Crippen molar-refractivity contribution in [2.24, 2.45) is 5.92 Å². The summed E-state index contributed by atoms with van der Waals surface area (Å²) in [5.41, 5.74) is 0. The summed E-state index contributed by atoms with van der Waals surface area (Å²) in [6.45, 7) is 7.30. The molecule has 5 atom stereocenters. The fraction of sp³-hybridized carbons (Fsp3) is 0.951.